The van der Waals surface area contributed by atoms with Crippen molar-refractivity contribution in [3.63, 3.8) is 0 Å². The van der Waals surface area contributed by atoms with E-state index in [4.69, 9.17) is 5.73 Å². The fourth-order valence-electron chi connectivity index (χ4n) is 2.04. The van der Waals surface area contributed by atoms with E-state index in [-0.39, 0.29) is 28.7 Å². The van der Waals surface area contributed by atoms with Gasteiger partial charge in [-0.3, -0.25) is 10.1 Å². The Bertz CT molecular complexity index is 956. The van der Waals surface area contributed by atoms with E-state index in [1.165, 1.54) is 31.4 Å². The fraction of sp³-hybridized carbons (Fsp3) is 0.0833. The minimum atomic E-state index is -3.96. The number of non-ortho nitro benzene ring substituents is 1. The highest BCUT2D eigenvalue weighted by Gasteiger charge is 2.30. The molecule has 0 saturated heterocycles. The molecule has 0 fully saturated rings. The number of nitrogens with zero attached hydrogens (tertiary/aromatic N) is 5. The Kier molecular flexibility index (Phi) is 3.21. The average Bonchev–Trinajstić information content (AvgIpc) is 2.52. The molecule has 1 aliphatic heterocycles. The van der Waals surface area contributed by atoms with Crippen LogP contribution in [0.15, 0.2) is 34.9 Å². The van der Waals surface area contributed by atoms with E-state index in [0.717, 1.165) is 4.31 Å². The zero-order valence-electron chi connectivity index (χ0n) is 11.7. The Balaban J connectivity index is 2.16. The molecule has 0 amide bonds. The molecule has 0 atom stereocenters. The monoisotopic (exact) mass is 334 g/mol. The lowest BCUT2D eigenvalue weighted by molar-refractivity contribution is -0.384. The third kappa shape index (κ3) is 2.46. The second kappa shape index (κ2) is 4.98. The molecular formula is C12H10N6O4S. The molecule has 1 aliphatic rings. The van der Waals surface area contributed by atoms with E-state index in [2.05, 4.69) is 14.4 Å². The smallest absolute Gasteiger partial charge is 0.347 e. The first-order valence-corrected chi connectivity index (χ1v) is 7.66. The summed E-state index contributed by atoms with van der Waals surface area (Å²) in [6.45, 7) is 0. The number of nitrogens with two attached hydrogens (primary N) is 1. The van der Waals surface area contributed by atoms with Crippen LogP contribution in [0.3, 0.4) is 0 Å². The number of nitro benzene ring substituents is 1. The van der Waals surface area contributed by atoms with Gasteiger partial charge in [-0.1, -0.05) is 12.1 Å². The fourth-order valence-corrected chi connectivity index (χ4v) is 2.84. The summed E-state index contributed by atoms with van der Waals surface area (Å²) in [6, 6.07) is 5.78. The Morgan fingerprint density at radius 2 is 2.09 bits per heavy atom. The van der Waals surface area contributed by atoms with E-state index in [0.29, 0.717) is 5.56 Å². The van der Waals surface area contributed by atoms with Gasteiger partial charge in [-0.05, 0) is 0 Å². The van der Waals surface area contributed by atoms with Crippen LogP contribution in [0.2, 0.25) is 0 Å². The summed E-state index contributed by atoms with van der Waals surface area (Å²) >= 11 is 0. The maximum atomic E-state index is 11.8. The van der Waals surface area contributed by atoms with Gasteiger partial charge in [0.1, 0.15) is 5.69 Å². The van der Waals surface area contributed by atoms with Crippen LogP contribution in [0, 0.1) is 10.1 Å². The van der Waals surface area contributed by atoms with Crippen LogP contribution >= 0.6 is 0 Å². The molecule has 0 radical (unpaired) electrons. The Morgan fingerprint density at radius 1 is 1.35 bits per heavy atom. The van der Waals surface area contributed by atoms with Crippen molar-refractivity contribution in [2.24, 2.45) is 10.1 Å². The number of nitro groups is 1. The average molecular weight is 334 g/mol. The molecule has 0 unspecified atom stereocenters. The molecule has 10 nitrogen and oxygen atoms in total. The number of hydrogen-bond acceptors (Lipinski definition) is 7. The van der Waals surface area contributed by atoms with Gasteiger partial charge in [0.05, 0.1) is 16.8 Å². The van der Waals surface area contributed by atoms with Crippen molar-refractivity contribution in [3.05, 3.63) is 46.3 Å². The first kappa shape index (κ1) is 14.8. The quantitative estimate of drug-likeness (QED) is 0.620. The molecule has 2 aromatic rings. The Morgan fingerprint density at radius 3 is 2.78 bits per heavy atom. The van der Waals surface area contributed by atoms with Crippen LogP contribution in [0.4, 0.5) is 11.5 Å². The predicted octanol–water partition coefficient (Wildman–Crippen LogP) is 0.452. The van der Waals surface area contributed by atoms with Gasteiger partial charge in [0.15, 0.2) is 11.7 Å². The topological polar surface area (TPSA) is 145 Å². The Hall–Kier alpha value is -3.08. The maximum Gasteiger partial charge on any atom is 0.347 e. The lowest BCUT2D eigenvalue weighted by Gasteiger charge is -2.22. The molecular weight excluding hydrogens is 324 g/mol. The van der Waals surface area contributed by atoms with Gasteiger partial charge < -0.3 is 5.73 Å². The summed E-state index contributed by atoms with van der Waals surface area (Å²) < 4.78 is 27.9. The summed E-state index contributed by atoms with van der Waals surface area (Å²) in [4.78, 5) is 18.6. The molecule has 3 rings (SSSR count). The number of rotatable bonds is 2. The highest BCUT2D eigenvalue weighted by atomic mass is 32.2. The van der Waals surface area contributed by atoms with Crippen molar-refractivity contribution in [1.29, 1.82) is 0 Å². The summed E-state index contributed by atoms with van der Waals surface area (Å²) in [5, 5.41) is 10.8. The van der Waals surface area contributed by atoms with Gasteiger partial charge in [0, 0.05) is 24.7 Å². The van der Waals surface area contributed by atoms with E-state index < -0.39 is 15.1 Å². The second-order valence-corrected chi connectivity index (χ2v) is 6.28. The SMILES string of the molecule is CN1c2nc(-c3cccc([N+](=O)[O-])c3)cnc2C(N)=NS1(=O)=O. The van der Waals surface area contributed by atoms with Gasteiger partial charge in [-0.25, -0.2) is 14.3 Å². The van der Waals surface area contributed by atoms with Crippen LogP contribution < -0.4 is 10.0 Å². The molecule has 23 heavy (non-hydrogen) atoms. The van der Waals surface area contributed by atoms with Gasteiger partial charge in [-0.2, -0.15) is 8.42 Å². The second-order valence-electron chi connectivity index (χ2n) is 4.66. The number of fused-ring (bicyclic) bond motifs is 1. The van der Waals surface area contributed by atoms with Crippen LogP contribution in [0.25, 0.3) is 11.3 Å². The number of hydrogen-bond donors (Lipinski definition) is 1. The first-order valence-electron chi connectivity index (χ1n) is 6.26. The van der Waals surface area contributed by atoms with Crippen LogP contribution in [-0.4, -0.2) is 36.2 Å². The van der Waals surface area contributed by atoms with E-state index in [9.17, 15) is 18.5 Å². The van der Waals surface area contributed by atoms with Crippen molar-refractivity contribution in [3.8, 4) is 11.3 Å². The number of aromatic nitrogens is 2. The molecule has 0 saturated carbocycles. The molecule has 0 aliphatic carbocycles. The summed E-state index contributed by atoms with van der Waals surface area (Å²) in [6.07, 6.45) is 1.35. The van der Waals surface area contributed by atoms with Crippen LogP contribution in [-0.2, 0) is 10.2 Å². The van der Waals surface area contributed by atoms with Gasteiger partial charge >= 0.3 is 10.2 Å². The number of benzene rings is 1. The number of anilines is 1. The van der Waals surface area contributed by atoms with Crippen molar-refractivity contribution < 1.29 is 13.3 Å². The van der Waals surface area contributed by atoms with Crippen molar-refractivity contribution in [2.45, 2.75) is 0 Å². The predicted molar refractivity (Wildman–Crippen MR) is 82.2 cm³/mol. The third-order valence-corrected chi connectivity index (χ3v) is 4.50. The molecule has 2 heterocycles. The molecule has 11 heteroatoms. The largest absolute Gasteiger partial charge is 0.381 e. The summed E-state index contributed by atoms with van der Waals surface area (Å²) in [5.74, 6) is -0.238. The van der Waals surface area contributed by atoms with Crippen molar-refractivity contribution >= 4 is 27.6 Å². The summed E-state index contributed by atoms with van der Waals surface area (Å²) in [5.41, 5.74) is 6.33. The lowest BCUT2D eigenvalue weighted by atomic mass is 10.1. The van der Waals surface area contributed by atoms with E-state index in [1.54, 1.807) is 6.07 Å². The standard InChI is InChI=1S/C12H10N6O4S/c1-17-12-10(11(13)16-23(17,21)22)14-6-9(15-12)7-3-2-4-8(5-7)18(19)20/h2-6H,1H3,(H2,13,16). The van der Waals surface area contributed by atoms with Crippen molar-refractivity contribution in [1.82, 2.24) is 9.97 Å². The molecule has 1 aromatic heterocycles. The zero-order chi connectivity index (χ0) is 16.8. The molecule has 0 bridgehead atoms. The van der Waals surface area contributed by atoms with Crippen LogP contribution in [0.1, 0.15) is 5.69 Å². The molecule has 118 valence electrons. The van der Waals surface area contributed by atoms with Crippen molar-refractivity contribution in [2.75, 3.05) is 11.4 Å². The minimum absolute atomic E-state index is 0.0153. The molecule has 1 aromatic carbocycles. The van der Waals surface area contributed by atoms with Crippen LogP contribution in [0.5, 0.6) is 0 Å². The van der Waals surface area contributed by atoms with E-state index >= 15 is 0 Å². The normalized spacial score (nSPS) is 15.7. The van der Waals surface area contributed by atoms with E-state index in [1.807, 2.05) is 0 Å². The molecule has 2 N–H and O–H groups in total. The van der Waals surface area contributed by atoms with Gasteiger partial charge in [0.25, 0.3) is 5.69 Å². The minimum Gasteiger partial charge on any atom is -0.381 e. The highest BCUT2D eigenvalue weighted by Crippen LogP contribution is 2.28. The summed E-state index contributed by atoms with van der Waals surface area (Å²) in [7, 11) is -2.69. The zero-order valence-corrected chi connectivity index (χ0v) is 12.6. The first-order chi connectivity index (χ1) is 10.8. The van der Waals surface area contributed by atoms with Gasteiger partial charge in [0.2, 0.25) is 0 Å². The van der Waals surface area contributed by atoms with Gasteiger partial charge in [-0.15, -0.1) is 4.40 Å². The molecule has 0 spiro atoms. The maximum absolute atomic E-state index is 11.8. The lowest BCUT2D eigenvalue weighted by Crippen LogP contribution is -2.35. The highest BCUT2D eigenvalue weighted by molar-refractivity contribution is 7.91. The number of amidine groups is 1. The Labute approximate surface area is 130 Å². The third-order valence-electron chi connectivity index (χ3n) is 3.21.